The van der Waals surface area contributed by atoms with Crippen molar-refractivity contribution in [2.45, 2.75) is 6.92 Å². The highest BCUT2D eigenvalue weighted by Gasteiger charge is 2.00. The van der Waals surface area contributed by atoms with Crippen LogP contribution in [-0.2, 0) is 0 Å². The van der Waals surface area contributed by atoms with Crippen LogP contribution in [-0.4, -0.2) is 6.54 Å². The fourth-order valence-electron chi connectivity index (χ4n) is 1.07. The second-order valence-electron chi connectivity index (χ2n) is 2.62. The molecule has 0 heterocycles. The van der Waals surface area contributed by atoms with E-state index in [-0.39, 0.29) is 0 Å². The number of nitrogens with two attached hydrogens (primary N) is 1. The molecular formula is C11H10N2. The quantitative estimate of drug-likeness (QED) is 0.594. The summed E-state index contributed by atoms with van der Waals surface area (Å²) in [5.41, 5.74) is 7.67. The summed E-state index contributed by atoms with van der Waals surface area (Å²) in [7, 11) is 0. The van der Waals surface area contributed by atoms with Crippen molar-refractivity contribution in [2.24, 2.45) is 5.73 Å². The van der Waals surface area contributed by atoms with Gasteiger partial charge in [-0.3, -0.25) is 0 Å². The Morgan fingerprint density at radius 3 is 2.85 bits per heavy atom. The van der Waals surface area contributed by atoms with E-state index >= 15 is 0 Å². The van der Waals surface area contributed by atoms with Crippen LogP contribution in [0.15, 0.2) is 18.2 Å². The zero-order valence-electron chi connectivity index (χ0n) is 7.46. The van der Waals surface area contributed by atoms with Crippen LogP contribution in [0.5, 0.6) is 0 Å². The number of nitriles is 1. The first-order valence-electron chi connectivity index (χ1n) is 3.98. The molecular weight excluding hydrogens is 160 g/mol. The number of nitrogens with zero attached hydrogens (tertiary/aromatic N) is 1. The summed E-state index contributed by atoms with van der Waals surface area (Å²) in [4.78, 5) is 0. The first kappa shape index (κ1) is 9.32. The third-order valence-corrected chi connectivity index (χ3v) is 1.71. The second kappa shape index (κ2) is 4.30. The van der Waals surface area contributed by atoms with E-state index in [1.807, 2.05) is 19.1 Å². The van der Waals surface area contributed by atoms with Gasteiger partial charge in [-0.15, -0.1) is 0 Å². The summed E-state index contributed by atoms with van der Waals surface area (Å²) in [5, 5.41) is 8.79. The molecule has 0 unspecified atom stereocenters. The molecule has 0 saturated carbocycles. The van der Waals surface area contributed by atoms with Gasteiger partial charge in [0.15, 0.2) is 0 Å². The van der Waals surface area contributed by atoms with Gasteiger partial charge in [0.05, 0.1) is 12.1 Å². The van der Waals surface area contributed by atoms with Crippen LogP contribution in [0.1, 0.15) is 16.7 Å². The van der Waals surface area contributed by atoms with E-state index in [1.54, 1.807) is 6.07 Å². The second-order valence-corrected chi connectivity index (χ2v) is 2.62. The van der Waals surface area contributed by atoms with Gasteiger partial charge in [0.2, 0.25) is 0 Å². The van der Waals surface area contributed by atoms with Crippen LogP contribution < -0.4 is 5.73 Å². The minimum absolute atomic E-state index is 0.319. The average molecular weight is 170 g/mol. The van der Waals surface area contributed by atoms with Crippen molar-refractivity contribution in [2.75, 3.05) is 6.54 Å². The van der Waals surface area contributed by atoms with Crippen molar-refractivity contribution in [3.63, 3.8) is 0 Å². The Balaban J connectivity index is 3.25. The highest BCUT2D eigenvalue weighted by Crippen LogP contribution is 2.11. The van der Waals surface area contributed by atoms with Gasteiger partial charge in [-0.2, -0.15) is 5.26 Å². The maximum Gasteiger partial charge on any atom is 0.100 e. The number of rotatable bonds is 0. The molecule has 0 fully saturated rings. The van der Waals surface area contributed by atoms with E-state index in [0.717, 1.165) is 11.1 Å². The molecule has 13 heavy (non-hydrogen) atoms. The van der Waals surface area contributed by atoms with Crippen LogP contribution in [0.2, 0.25) is 0 Å². The maximum absolute atomic E-state index is 8.79. The maximum atomic E-state index is 8.79. The van der Waals surface area contributed by atoms with E-state index in [4.69, 9.17) is 11.0 Å². The third kappa shape index (κ3) is 2.08. The summed E-state index contributed by atoms with van der Waals surface area (Å²) < 4.78 is 0. The average Bonchev–Trinajstić information content (AvgIpc) is 2.15. The summed E-state index contributed by atoms with van der Waals surface area (Å²) in [6.07, 6.45) is 0. The normalized spacial score (nSPS) is 8.38. The molecule has 0 aliphatic rings. The molecule has 1 aromatic carbocycles. The third-order valence-electron chi connectivity index (χ3n) is 1.71. The van der Waals surface area contributed by atoms with Gasteiger partial charge in [0.25, 0.3) is 0 Å². The van der Waals surface area contributed by atoms with Gasteiger partial charge in [0.1, 0.15) is 6.07 Å². The smallest absolute Gasteiger partial charge is 0.100 e. The molecule has 0 atom stereocenters. The van der Waals surface area contributed by atoms with E-state index < -0.39 is 0 Å². The zero-order chi connectivity index (χ0) is 9.68. The van der Waals surface area contributed by atoms with Crippen LogP contribution in [0.4, 0.5) is 0 Å². The molecule has 0 spiro atoms. The van der Waals surface area contributed by atoms with Crippen LogP contribution >= 0.6 is 0 Å². The summed E-state index contributed by atoms with van der Waals surface area (Å²) in [5.74, 6) is 5.64. The molecule has 0 aliphatic heterocycles. The van der Waals surface area contributed by atoms with Crippen LogP contribution in [0.25, 0.3) is 0 Å². The molecule has 1 rings (SSSR count). The van der Waals surface area contributed by atoms with Crippen LogP contribution in [0, 0.1) is 30.1 Å². The Hall–Kier alpha value is -1.77. The predicted octanol–water partition coefficient (Wildman–Crippen LogP) is 1.18. The van der Waals surface area contributed by atoms with Gasteiger partial charge in [-0.1, -0.05) is 24.0 Å². The highest BCUT2D eigenvalue weighted by atomic mass is 14.5. The Labute approximate surface area is 78.0 Å². The molecule has 1 aromatic rings. The monoisotopic (exact) mass is 170 g/mol. The molecule has 0 radical (unpaired) electrons. The lowest BCUT2D eigenvalue weighted by molar-refractivity contribution is 1.30. The van der Waals surface area contributed by atoms with E-state index in [2.05, 4.69) is 17.9 Å². The van der Waals surface area contributed by atoms with E-state index in [9.17, 15) is 0 Å². The molecule has 0 saturated heterocycles. The lowest BCUT2D eigenvalue weighted by Gasteiger charge is -1.98. The van der Waals surface area contributed by atoms with Crippen molar-refractivity contribution in [1.82, 2.24) is 0 Å². The Bertz CT molecular complexity index is 402. The van der Waals surface area contributed by atoms with Crippen molar-refractivity contribution in [3.8, 4) is 17.9 Å². The molecule has 0 aromatic heterocycles. The number of hydrogen-bond donors (Lipinski definition) is 1. The lowest BCUT2D eigenvalue weighted by Crippen LogP contribution is -1.94. The van der Waals surface area contributed by atoms with Crippen molar-refractivity contribution < 1.29 is 0 Å². The first-order valence-corrected chi connectivity index (χ1v) is 3.98. The SMILES string of the molecule is Cc1cccc(C#N)c1C#CCN. The standard InChI is InChI=1S/C11H10N2/c1-9-4-2-5-10(8-13)11(9)6-3-7-12/h2,4-5H,7,12H2,1H3. The fourth-order valence-corrected chi connectivity index (χ4v) is 1.07. The number of aryl methyl sites for hydroxylation is 1. The molecule has 0 amide bonds. The summed E-state index contributed by atoms with van der Waals surface area (Å²) >= 11 is 0. The van der Waals surface area contributed by atoms with Gasteiger partial charge in [-0.25, -0.2) is 0 Å². The van der Waals surface area contributed by atoms with Crippen LogP contribution in [0.3, 0.4) is 0 Å². The molecule has 0 bridgehead atoms. The highest BCUT2D eigenvalue weighted by molar-refractivity contribution is 5.52. The molecule has 2 nitrogen and oxygen atoms in total. The largest absolute Gasteiger partial charge is 0.320 e. The van der Waals surface area contributed by atoms with Crippen molar-refractivity contribution in [3.05, 3.63) is 34.9 Å². The van der Waals surface area contributed by atoms with Crippen molar-refractivity contribution in [1.29, 1.82) is 5.26 Å². The number of benzene rings is 1. The van der Waals surface area contributed by atoms with E-state index in [1.165, 1.54) is 0 Å². The molecule has 0 aliphatic carbocycles. The summed E-state index contributed by atoms with van der Waals surface area (Å²) in [6, 6.07) is 7.64. The molecule has 2 N–H and O–H groups in total. The predicted molar refractivity (Wildman–Crippen MR) is 51.8 cm³/mol. The Morgan fingerprint density at radius 1 is 1.46 bits per heavy atom. The minimum Gasteiger partial charge on any atom is -0.320 e. The Kier molecular flexibility index (Phi) is 3.09. The van der Waals surface area contributed by atoms with E-state index in [0.29, 0.717) is 12.1 Å². The first-order chi connectivity index (χ1) is 6.29. The Morgan fingerprint density at radius 2 is 2.23 bits per heavy atom. The van der Waals surface area contributed by atoms with Crippen molar-refractivity contribution >= 4 is 0 Å². The number of hydrogen-bond acceptors (Lipinski definition) is 2. The molecule has 64 valence electrons. The topological polar surface area (TPSA) is 49.8 Å². The van der Waals surface area contributed by atoms with Gasteiger partial charge >= 0.3 is 0 Å². The molecule has 2 heteroatoms. The van der Waals surface area contributed by atoms with Gasteiger partial charge < -0.3 is 5.73 Å². The van der Waals surface area contributed by atoms with Gasteiger partial charge in [-0.05, 0) is 18.6 Å². The fraction of sp³-hybridized carbons (Fsp3) is 0.182. The zero-order valence-corrected chi connectivity index (χ0v) is 7.46. The minimum atomic E-state index is 0.319. The summed E-state index contributed by atoms with van der Waals surface area (Å²) in [6.45, 7) is 2.25. The van der Waals surface area contributed by atoms with Gasteiger partial charge in [0, 0.05) is 5.56 Å². The lowest BCUT2D eigenvalue weighted by atomic mass is 10.0.